The third-order valence-electron chi connectivity index (χ3n) is 5.03. The van der Waals surface area contributed by atoms with E-state index in [9.17, 15) is 0 Å². The number of nitrogens with one attached hydrogen (secondary N) is 1. The Balaban J connectivity index is 1.40. The maximum absolute atomic E-state index is 6.03. The second kappa shape index (κ2) is 11.3. The summed E-state index contributed by atoms with van der Waals surface area (Å²) in [4.78, 5) is 0. The van der Waals surface area contributed by atoms with Crippen LogP contribution < -0.4 is 14.8 Å². The maximum Gasteiger partial charge on any atom is 0.121 e. The Bertz CT molecular complexity index is 875. The molecule has 0 radical (unpaired) electrons. The van der Waals surface area contributed by atoms with Gasteiger partial charge in [-0.15, -0.1) is 0 Å². The van der Waals surface area contributed by atoms with Crippen molar-refractivity contribution >= 4 is 5.69 Å². The number of anilines is 1. The number of rotatable bonds is 11. The second-order valence-electron chi connectivity index (χ2n) is 8.00. The van der Waals surface area contributed by atoms with E-state index in [2.05, 4.69) is 80.7 Å². The van der Waals surface area contributed by atoms with E-state index in [1.54, 1.807) is 0 Å². The molecule has 0 bridgehead atoms. The van der Waals surface area contributed by atoms with Gasteiger partial charge in [-0.3, -0.25) is 0 Å². The normalized spacial score (nSPS) is 11.9. The van der Waals surface area contributed by atoms with Gasteiger partial charge in [0.25, 0.3) is 0 Å². The van der Waals surface area contributed by atoms with Gasteiger partial charge in [0.2, 0.25) is 0 Å². The summed E-state index contributed by atoms with van der Waals surface area (Å²) in [5.74, 6) is 2.33. The zero-order chi connectivity index (χ0) is 21.2. The van der Waals surface area contributed by atoms with E-state index in [0.29, 0.717) is 12.5 Å². The molecule has 3 aromatic rings. The number of aryl methyl sites for hydroxylation is 1. The molecule has 3 aromatic carbocycles. The molecule has 1 N–H and O–H groups in total. The lowest BCUT2D eigenvalue weighted by atomic mass is 10.0. The van der Waals surface area contributed by atoms with Crippen molar-refractivity contribution in [1.29, 1.82) is 0 Å². The highest BCUT2D eigenvalue weighted by molar-refractivity contribution is 5.48. The van der Waals surface area contributed by atoms with Crippen LogP contribution in [-0.4, -0.2) is 19.3 Å². The van der Waals surface area contributed by atoms with E-state index >= 15 is 0 Å². The zero-order valence-electron chi connectivity index (χ0n) is 18.3. The lowest BCUT2D eigenvalue weighted by molar-refractivity contribution is 0.234. The minimum Gasteiger partial charge on any atom is -0.494 e. The van der Waals surface area contributed by atoms with Gasteiger partial charge in [-0.25, -0.2) is 0 Å². The number of benzene rings is 3. The van der Waals surface area contributed by atoms with E-state index in [4.69, 9.17) is 9.47 Å². The lowest BCUT2D eigenvalue weighted by Gasteiger charge is -2.17. The molecule has 158 valence electrons. The average Bonchev–Trinajstić information content (AvgIpc) is 2.77. The summed E-state index contributed by atoms with van der Waals surface area (Å²) in [6, 6.07) is 27.0. The van der Waals surface area contributed by atoms with Gasteiger partial charge in [-0.1, -0.05) is 62.4 Å². The fraction of sp³-hybridized carbons (Fsp3) is 0.333. The highest BCUT2D eigenvalue weighted by Gasteiger charge is 2.06. The van der Waals surface area contributed by atoms with E-state index in [1.807, 2.05) is 24.3 Å². The predicted octanol–water partition coefficient (Wildman–Crippen LogP) is 6.70. The van der Waals surface area contributed by atoms with Crippen LogP contribution in [0.25, 0.3) is 0 Å². The molecule has 0 aliphatic rings. The van der Waals surface area contributed by atoms with E-state index in [1.165, 1.54) is 11.1 Å². The van der Waals surface area contributed by atoms with Gasteiger partial charge >= 0.3 is 0 Å². The fourth-order valence-electron chi connectivity index (χ4n) is 3.27. The van der Waals surface area contributed by atoms with Gasteiger partial charge in [-0.2, -0.15) is 0 Å². The van der Waals surface area contributed by atoms with Crippen LogP contribution in [-0.2, 0) is 6.42 Å². The Morgan fingerprint density at radius 3 is 2.30 bits per heavy atom. The van der Waals surface area contributed by atoms with Crippen LogP contribution in [0.5, 0.6) is 11.5 Å². The molecule has 0 heterocycles. The zero-order valence-corrected chi connectivity index (χ0v) is 18.3. The van der Waals surface area contributed by atoms with Crippen molar-refractivity contribution in [2.75, 3.05) is 18.5 Å². The summed E-state index contributed by atoms with van der Waals surface area (Å²) in [6.07, 6.45) is 2.10. The topological polar surface area (TPSA) is 30.5 Å². The first-order chi connectivity index (χ1) is 14.6. The van der Waals surface area contributed by atoms with Crippen molar-refractivity contribution in [3.8, 4) is 11.5 Å². The summed E-state index contributed by atoms with van der Waals surface area (Å²) in [5.41, 5.74) is 3.72. The van der Waals surface area contributed by atoms with Gasteiger partial charge in [-0.05, 0) is 61.1 Å². The van der Waals surface area contributed by atoms with Gasteiger partial charge in [0.15, 0.2) is 0 Å². The van der Waals surface area contributed by atoms with Gasteiger partial charge in [0.1, 0.15) is 17.6 Å². The standard InChI is InChI=1S/C27H33NO2/c1-21(2)24-14-16-26(17-15-24)30-22(3)20-28-25-12-7-13-27(19-25)29-18-8-11-23-9-5-4-6-10-23/h4-7,9-10,12-17,19,21-22,28H,8,11,18,20H2,1-3H3. The Morgan fingerprint density at radius 1 is 0.800 bits per heavy atom. The molecule has 3 heteroatoms. The van der Waals surface area contributed by atoms with Gasteiger partial charge in [0.05, 0.1) is 13.2 Å². The number of ether oxygens (including phenoxy) is 2. The fourth-order valence-corrected chi connectivity index (χ4v) is 3.27. The molecular weight excluding hydrogens is 370 g/mol. The first-order valence-corrected chi connectivity index (χ1v) is 10.9. The Kier molecular flexibility index (Phi) is 8.20. The van der Waals surface area contributed by atoms with Crippen molar-refractivity contribution in [1.82, 2.24) is 0 Å². The lowest BCUT2D eigenvalue weighted by Crippen LogP contribution is -2.22. The molecule has 3 nitrogen and oxygen atoms in total. The molecule has 1 unspecified atom stereocenters. The van der Waals surface area contributed by atoms with Crippen molar-refractivity contribution in [3.63, 3.8) is 0 Å². The van der Waals surface area contributed by atoms with Crippen LogP contribution in [0, 0.1) is 0 Å². The van der Waals surface area contributed by atoms with Crippen LogP contribution in [0.15, 0.2) is 78.9 Å². The average molecular weight is 404 g/mol. The van der Waals surface area contributed by atoms with Crippen LogP contribution in [0.2, 0.25) is 0 Å². The van der Waals surface area contributed by atoms with Gasteiger partial charge < -0.3 is 14.8 Å². The third-order valence-corrected chi connectivity index (χ3v) is 5.03. The molecule has 0 aromatic heterocycles. The molecule has 0 aliphatic heterocycles. The first kappa shape index (κ1) is 21.8. The predicted molar refractivity (Wildman–Crippen MR) is 126 cm³/mol. The Labute approximate surface area is 181 Å². The number of hydrogen-bond acceptors (Lipinski definition) is 3. The molecule has 3 rings (SSSR count). The molecule has 0 saturated heterocycles. The van der Waals surface area contributed by atoms with Crippen molar-refractivity contribution in [2.45, 2.75) is 45.6 Å². The van der Waals surface area contributed by atoms with E-state index in [-0.39, 0.29) is 6.10 Å². The molecule has 0 aliphatic carbocycles. The quantitative estimate of drug-likeness (QED) is 0.361. The Morgan fingerprint density at radius 2 is 1.57 bits per heavy atom. The molecular formula is C27H33NO2. The second-order valence-corrected chi connectivity index (χ2v) is 8.00. The van der Waals surface area contributed by atoms with E-state index < -0.39 is 0 Å². The monoisotopic (exact) mass is 403 g/mol. The SMILES string of the molecule is CC(CNc1cccc(OCCCc2ccccc2)c1)Oc1ccc(C(C)C)cc1. The van der Waals surface area contributed by atoms with Gasteiger partial charge in [0, 0.05) is 11.8 Å². The summed E-state index contributed by atoms with van der Waals surface area (Å²) >= 11 is 0. The van der Waals surface area contributed by atoms with Crippen LogP contribution >= 0.6 is 0 Å². The molecule has 0 fully saturated rings. The minimum atomic E-state index is 0.0605. The van der Waals surface area contributed by atoms with Crippen LogP contribution in [0.3, 0.4) is 0 Å². The highest BCUT2D eigenvalue weighted by Crippen LogP contribution is 2.21. The van der Waals surface area contributed by atoms with E-state index in [0.717, 1.165) is 36.6 Å². The largest absolute Gasteiger partial charge is 0.494 e. The maximum atomic E-state index is 6.03. The summed E-state index contributed by atoms with van der Waals surface area (Å²) < 4.78 is 12.0. The highest BCUT2D eigenvalue weighted by atomic mass is 16.5. The van der Waals surface area contributed by atoms with Crippen molar-refractivity contribution in [2.24, 2.45) is 0 Å². The molecule has 30 heavy (non-hydrogen) atoms. The third kappa shape index (κ3) is 7.14. The Hall–Kier alpha value is -2.94. The first-order valence-electron chi connectivity index (χ1n) is 10.9. The molecule has 0 spiro atoms. The minimum absolute atomic E-state index is 0.0605. The van der Waals surface area contributed by atoms with Crippen LogP contribution in [0.4, 0.5) is 5.69 Å². The van der Waals surface area contributed by atoms with Crippen molar-refractivity contribution in [3.05, 3.63) is 90.0 Å². The smallest absolute Gasteiger partial charge is 0.121 e. The summed E-state index contributed by atoms with van der Waals surface area (Å²) in [5, 5.41) is 3.45. The number of hydrogen-bond donors (Lipinski definition) is 1. The molecule has 0 amide bonds. The van der Waals surface area contributed by atoms with Crippen molar-refractivity contribution < 1.29 is 9.47 Å². The summed E-state index contributed by atoms with van der Waals surface area (Å²) in [7, 11) is 0. The summed E-state index contributed by atoms with van der Waals surface area (Å²) in [6.45, 7) is 7.91. The van der Waals surface area contributed by atoms with Crippen LogP contribution in [0.1, 0.15) is 44.2 Å². The molecule has 0 saturated carbocycles. The molecule has 1 atom stereocenters.